The average molecular weight is 374 g/mol. The minimum absolute atomic E-state index is 0.171. The molecule has 11 heteroatoms. The van der Waals surface area contributed by atoms with Crippen molar-refractivity contribution in [1.29, 1.82) is 0 Å². The number of morpholine rings is 1. The zero-order chi connectivity index (χ0) is 18.6. The van der Waals surface area contributed by atoms with Crippen LogP contribution in [0.3, 0.4) is 0 Å². The summed E-state index contributed by atoms with van der Waals surface area (Å²) in [4.78, 5) is 28.5. The van der Waals surface area contributed by atoms with Gasteiger partial charge >= 0.3 is 6.18 Å². The number of aromatic nitrogens is 3. The Hall–Kier alpha value is -2.17. The van der Waals surface area contributed by atoms with Crippen molar-refractivity contribution in [1.82, 2.24) is 20.3 Å². The Kier molecular flexibility index (Phi) is 5.74. The molecule has 0 atom stereocenters. The quantitative estimate of drug-likeness (QED) is 0.819. The number of carbonyl (C=O) groups is 1. The van der Waals surface area contributed by atoms with Gasteiger partial charge in [-0.25, -0.2) is 0 Å². The maximum Gasteiger partial charge on any atom is 0.397 e. The Bertz CT molecular complexity index is 630. The van der Waals surface area contributed by atoms with E-state index in [0.717, 1.165) is 25.9 Å². The number of anilines is 2. The topological polar surface area (TPSA) is 83.5 Å². The molecule has 1 aromatic rings. The summed E-state index contributed by atoms with van der Waals surface area (Å²) in [5.41, 5.74) is 0. The Balaban J connectivity index is 1.74. The number of nitrogens with zero attached hydrogens (tertiary/aromatic N) is 5. The van der Waals surface area contributed by atoms with Gasteiger partial charge in [0.1, 0.15) is 6.42 Å². The summed E-state index contributed by atoms with van der Waals surface area (Å²) in [6.45, 7) is 3.85. The number of ether oxygens (including phenoxy) is 1. The lowest BCUT2D eigenvalue weighted by Gasteiger charge is -2.28. The first-order valence-electron chi connectivity index (χ1n) is 8.57. The summed E-state index contributed by atoms with van der Waals surface area (Å²) in [5.74, 6) is 0.108. The molecule has 144 valence electrons. The van der Waals surface area contributed by atoms with Crippen LogP contribution in [0.25, 0.3) is 0 Å². The minimum atomic E-state index is -4.54. The molecule has 1 N–H and O–H groups in total. The molecular weight excluding hydrogens is 353 g/mol. The van der Waals surface area contributed by atoms with E-state index < -0.39 is 18.5 Å². The fraction of sp³-hybridized carbons (Fsp3) is 0.733. The summed E-state index contributed by atoms with van der Waals surface area (Å²) in [6.07, 6.45) is -3.98. The largest absolute Gasteiger partial charge is 0.397 e. The van der Waals surface area contributed by atoms with Crippen LogP contribution < -0.4 is 15.1 Å². The molecule has 2 aliphatic heterocycles. The van der Waals surface area contributed by atoms with Gasteiger partial charge in [0.05, 0.1) is 19.8 Å². The van der Waals surface area contributed by atoms with Crippen molar-refractivity contribution >= 4 is 17.8 Å². The molecule has 3 rings (SSSR count). The van der Waals surface area contributed by atoms with Gasteiger partial charge in [0.25, 0.3) is 0 Å². The van der Waals surface area contributed by atoms with Crippen molar-refractivity contribution < 1.29 is 22.7 Å². The van der Waals surface area contributed by atoms with Gasteiger partial charge in [-0.05, 0) is 12.8 Å². The number of alkyl halides is 3. The van der Waals surface area contributed by atoms with Gasteiger partial charge in [-0.3, -0.25) is 4.79 Å². The van der Waals surface area contributed by atoms with Crippen LogP contribution in [0.2, 0.25) is 0 Å². The second kappa shape index (κ2) is 8.02. The van der Waals surface area contributed by atoms with Crippen LogP contribution >= 0.6 is 0 Å². The zero-order valence-electron chi connectivity index (χ0n) is 14.3. The molecule has 0 spiro atoms. The number of hydrogen-bond donors (Lipinski definition) is 1. The standard InChI is InChI=1S/C15H21F3N6O2/c16-15(17,18)9-12(25)19-10-11-20-13(23-3-1-2-4-23)22-14(21-11)24-5-7-26-8-6-24/h1-10H2,(H,19,25). The Morgan fingerprint density at radius 3 is 2.15 bits per heavy atom. The number of rotatable bonds is 5. The van der Waals surface area contributed by atoms with Gasteiger partial charge in [-0.1, -0.05) is 0 Å². The van der Waals surface area contributed by atoms with Gasteiger partial charge < -0.3 is 19.9 Å². The number of carbonyl (C=O) groups excluding carboxylic acids is 1. The molecule has 2 fully saturated rings. The van der Waals surface area contributed by atoms with Crippen LogP contribution in [0.1, 0.15) is 25.1 Å². The lowest BCUT2D eigenvalue weighted by Crippen LogP contribution is -2.38. The lowest BCUT2D eigenvalue weighted by molar-refractivity contribution is -0.153. The predicted octanol–water partition coefficient (Wildman–Crippen LogP) is 0.877. The van der Waals surface area contributed by atoms with E-state index in [1.165, 1.54) is 0 Å². The summed E-state index contributed by atoms with van der Waals surface area (Å²) < 4.78 is 42.2. The predicted molar refractivity (Wildman–Crippen MR) is 86.8 cm³/mol. The fourth-order valence-electron chi connectivity index (χ4n) is 2.86. The van der Waals surface area contributed by atoms with Crippen molar-refractivity contribution in [2.45, 2.75) is 32.0 Å². The third kappa shape index (κ3) is 5.16. The number of amides is 1. The van der Waals surface area contributed by atoms with E-state index in [2.05, 4.69) is 20.3 Å². The highest BCUT2D eigenvalue weighted by molar-refractivity contribution is 5.76. The van der Waals surface area contributed by atoms with E-state index in [1.54, 1.807) is 0 Å². The third-order valence-electron chi connectivity index (χ3n) is 4.15. The molecule has 0 aromatic carbocycles. The maximum atomic E-state index is 12.3. The van der Waals surface area contributed by atoms with Crippen molar-refractivity contribution in [2.75, 3.05) is 49.2 Å². The van der Waals surface area contributed by atoms with E-state index in [1.807, 2.05) is 9.80 Å². The van der Waals surface area contributed by atoms with Crippen LogP contribution in [0.15, 0.2) is 0 Å². The molecule has 0 unspecified atom stereocenters. The molecule has 0 aliphatic carbocycles. The molecule has 3 heterocycles. The fourth-order valence-corrected chi connectivity index (χ4v) is 2.86. The Morgan fingerprint density at radius 2 is 1.58 bits per heavy atom. The van der Waals surface area contributed by atoms with Gasteiger partial charge in [0, 0.05) is 26.2 Å². The Labute approximate surface area is 148 Å². The monoisotopic (exact) mass is 374 g/mol. The first-order chi connectivity index (χ1) is 12.4. The van der Waals surface area contributed by atoms with Gasteiger partial charge in [0.15, 0.2) is 5.82 Å². The normalized spacial score (nSPS) is 18.3. The van der Waals surface area contributed by atoms with Crippen LogP contribution in [0, 0.1) is 0 Å². The van der Waals surface area contributed by atoms with Crippen LogP contribution in [0.5, 0.6) is 0 Å². The van der Waals surface area contributed by atoms with E-state index in [-0.39, 0.29) is 12.4 Å². The summed E-state index contributed by atoms with van der Waals surface area (Å²) in [5, 5.41) is 2.23. The van der Waals surface area contributed by atoms with Gasteiger partial charge in [-0.15, -0.1) is 0 Å². The molecule has 1 aromatic heterocycles. The van der Waals surface area contributed by atoms with Gasteiger partial charge in [0.2, 0.25) is 17.8 Å². The van der Waals surface area contributed by atoms with Crippen molar-refractivity contribution in [3.63, 3.8) is 0 Å². The highest BCUT2D eigenvalue weighted by Gasteiger charge is 2.31. The molecule has 0 saturated carbocycles. The molecule has 0 radical (unpaired) electrons. The second-order valence-corrected chi connectivity index (χ2v) is 6.21. The van der Waals surface area contributed by atoms with E-state index in [4.69, 9.17) is 4.74 Å². The van der Waals surface area contributed by atoms with Crippen LogP contribution in [-0.4, -0.2) is 66.4 Å². The van der Waals surface area contributed by atoms with Crippen LogP contribution in [0.4, 0.5) is 25.1 Å². The lowest BCUT2D eigenvalue weighted by atomic mass is 10.4. The molecular formula is C15H21F3N6O2. The molecule has 2 aliphatic rings. The van der Waals surface area contributed by atoms with Crippen molar-refractivity contribution in [3.8, 4) is 0 Å². The summed E-state index contributed by atoms with van der Waals surface area (Å²) in [7, 11) is 0. The maximum absolute atomic E-state index is 12.3. The second-order valence-electron chi connectivity index (χ2n) is 6.21. The third-order valence-corrected chi connectivity index (χ3v) is 4.15. The number of hydrogen-bond acceptors (Lipinski definition) is 7. The van der Waals surface area contributed by atoms with E-state index in [0.29, 0.717) is 38.2 Å². The SMILES string of the molecule is O=C(CC(F)(F)F)NCc1nc(N2CCCC2)nc(N2CCOCC2)n1. The highest BCUT2D eigenvalue weighted by atomic mass is 19.4. The smallest absolute Gasteiger partial charge is 0.378 e. The highest BCUT2D eigenvalue weighted by Crippen LogP contribution is 2.20. The zero-order valence-corrected chi connectivity index (χ0v) is 14.3. The molecule has 8 nitrogen and oxygen atoms in total. The van der Waals surface area contributed by atoms with Gasteiger partial charge in [-0.2, -0.15) is 28.1 Å². The Morgan fingerprint density at radius 1 is 1.00 bits per heavy atom. The van der Waals surface area contributed by atoms with E-state index >= 15 is 0 Å². The van der Waals surface area contributed by atoms with Crippen LogP contribution in [-0.2, 0) is 16.1 Å². The number of halogens is 3. The van der Waals surface area contributed by atoms with Crippen molar-refractivity contribution in [2.24, 2.45) is 0 Å². The molecule has 0 bridgehead atoms. The first kappa shape index (κ1) is 18.6. The van der Waals surface area contributed by atoms with Crippen molar-refractivity contribution in [3.05, 3.63) is 5.82 Å². The first-order valence-corrected chi connectivity index (χ1v) is 8.57. The molecule has 2 saturated heterocycles. The molecule has 26 heavy (non-hydrogen) atoms. The number of nitrogens with one attached hydrogen (secondary N) is 1. The minimum Gasteiger partial charge on any atom is -0.378 e. The average Bonchev–Trinajstić information content (AvgIpc) is 3.14. The molecule has 1 amide bonds. The summed E-state index contributed by atoms with van der Waals surface area (Å²) >= 11 is 0. The van der Waals surface area contributed by atoms with E-state index in [9.17, 15) is 18.0 Å². The summed E-state index contributed by atoms with van der Waals surface area (Å²) in [6, 6.07) is 0.